The van der Waals surface area contributed by atoms with Gasteiger partial charge in [0.1, 0.15) is 0 Å². The maximum Gasteiger partial charge on any atom is 0.231 e. The van der Waals surface area contributed by atoms with Crippen molar-refractivity contribution in [2.75, 3.05) is 17.0 Å². The average molecular weight is 483 g/mol. The normalized spacial score (nSPS) is 21.2. The Balaban J connectivity index is 1.80. The Kier molecular flexibility index (Phi) is 4.62. The number of allylic oxidation sites excluding steroid dienone is 1. The van der Waals surface area contributed by atoms with Gasteiger partial charge < -0.3 is 14.8 Å². The lowest BCUT2D eigenvalue weighted by molar-refractivity contribution is -0.118. The molecule has 2 aromatic rings. The Morgan fingerprint density at radius 3 is 2.61 bits per heavy atom. The number of Topliss-reactive ketones (excluding diaryl/α,β-unsaturated/α-hetero) is 1. The van der Waals surface area contributed by atoms with Crippen LogP contribution in [0.3, 0.4) is 0 Å². The summed E-state index contributed by atoms with van der Waals surface area (Å²) in [5.41, 5.74) is 3.68. The third kappa shape index (κ3) is 3.31. The summed E-state index contributed by atoms with van der Waals surface area (Å²) in [4.78, 5) is 28.3. The number of nitrogens with one attached hydrogen (secondary N) is 1. The van der Waals surface area contributed by atoms with E-state index in [4.69, 9.17) is 9.47 Å². The molecule has 2 aromatic carbocycles. The van der Waals surface area contributed by atoms with Crippen LogP contribution in [0, 0.1) is 5.41 Å². The van der Waals surface area contributed by atoms with Crippen LogP contribution in [0.25, 0.3) is 0 Å². The molecule has 160 valence electrons. The van der Waals surface area contributed by atoms with Gasteiger partial charge in [0.2, 0.25) is 12.7 Å². The maximum atomic E-state index is 13.5. The van der Waals surface area contributed by atoms with Crippen LogP contribution in [0.2, 0.25) is 0 Å². The highest BCUT2D eigenvalue weighted by Gasteiger charge is 2.43. The van der Waals surface area contributed by atoms with Crippen molar-refractivity contribution < 1.29 is 19.1 Å². The van der Waals surface area contributed by atoms with Crippen LogP contribution >= 0.6 is 15.9 Å². The molecule has 0 spiro atoms. The minimum Gasteiger partial charge on any atom is -0.454 e. The van der Waals surface area contributed by atoms with E-state index in [-0.39, 0.29) is 23.9 Å². The van der Waals surface area contributed by atoms with E-state index in [1.54, 1.807) is 4.90 Å². The van der Waals surface area contributed by atoms with E-state index in [0.717, 1.165) is 27.1 Å². The molecule has 0 aromatic heterocycles. The van der Waals surface area contributed by atoms with Crippen molar-refractivity contribution in [3.8, 4) is 11.5 Å². The third-order valence-corrected chi connectivity index (χ3v) is 6.71. The van der Waals surface area contributed by atoms with Crippen LogP contribution < -0.4 is 19.7 Å². The quantitative estimate of drug-likeness (QED) is 0.593. The van der Waals surface area contributed by atoms with E-state index in [2.05, 4.69) is 35.1 Å². The number of carbonyl (C=O) groups is 2. The minimum absolute atomic E-state index is 0.0485. The van der Waals surface area contributed by atoms with Crippen LogP contribution in [0.1, 0.15) is 45.2 Å². The number of para-hydroxylation sites is 2. The number of halogens is 1. The molecule has 0 radical (unpaired) electrons. The molecule has 1 atom stereocenters. The number of hydrogen-bond acceptors (Lipinski definition) is 5. The molecule has 31 heavy (non-hydrogen) atoms. The number of hydrogen-bond donors (Lipinski definition) is 1. The van der Waals surface area contributed by atoms with E-state index in [1.165, 1.54) is 6.92 Å². The SMILES string of the molecule is CC(=O)N1c2ccccc2NC2=C(C(=O)CC(C)(C)C2)[C@@H]1c1cc2c(cc1Br)OCO2. The van der Waals surface area contributed by atoms with Gasteiger partial charge in [-0.25, -0.2) is 0 Å². The number of fused-ring (bicyclic) bond motifs is 2. The van der Waals surface area contributed by atoms with E-state index < -0.39 is 6.04 Å². The molecule has 0 bridgehead atoms. The third-order valence-electron chi connectivity index (χ3n) is 6.03. The Hall–Kier alpha value is -2.80. The number of anilines is 2. The highest BCUT2D eigenvalue weighted by molar-refractivity contribution is 9.10. The second kappa shape index (κ2) is 7.12. The summed E-state index contributed by atoms with van der Waals surface area (Å²) in [6, 6.07) is 10.8. The fourth-order valence-corrected chi connectivity index (χ4v) is 5.31. The van der Waals surface area contributed by atoms with E-state index in [9.17, 15) is 9.59 Å². The van der Waals surface area contributed by atoms with Crippen molar-refractivity contribution in [3.63, 3.8) is 0 Å². The van der Waals surface area contributed by atoms with Gasteiger partial charge in [0.15, 0.2) is 17.3 Å². The van der Waals surface area contributed by atoms with E-state index in [1.807, 2.05) is 36.4 Å². The highest BCUT2D eigenvalue weighted by Crippen LogP contribution is 2.51. The highest BCUT2D eigenvalue weighted by atomic mass is 79.9. The number of ketones is 1. The molecule has 2 aliphatic heterocycles. The Labute approximate surface area is 189 Å². The molecule has 3 aliphatic rings. The molecule has 5 rings (SSSR count). The predicted molar refractivity (Wildman–Crippen MR) is 121 cm³/mol. The lowest BCUT2D eigenvalue weighted by atomic mass is 9.73. The Bertz CT molecular complexity index is 1150. The van der Waals surface area contributed by atoms with Crippen LogP contribution in [0.5, 0.6) is 11.5 Å². The van der Waals surface area contributed by atoms with Crippen LogP contribution in [0.4, 0.5) is 11.4 Å². The van der Waals surface area contributed by atoms with Crippen molar-refractivity contribution in [1.82, 2.24) is 0 Å². The summed E-state index contributed by atoms with van der Waals surface area (Å²) in [6.45, 7) is 5.88. The zero-order valence-corrected chi connectivity index (χ0v) is 19.2. The van der Waals surface area contributed by atoms with Gasteiger partial charge in [0.05, 0.1) is 17.4 Å². The molecule has 1 aliphatic carbocycles. The van der Waals surface area contributed by atoms with Gasteiger partial charge in [-0.1, -0.05) is 41.9 Å². The van der Waals surface area contributed by atoms with Crippen molar-refractivity contribution in [2.24, 2.45) is 5.41 Å². The molecular formula is C24H23BrN2O4. The van der Waals surface area contributed by atoms with Gasteiger partial charge in [0, 0.05) is 29.1 Å². The largest absolute Gasteiger partial charge is 0.454 e. The summed E-state index contributed by atoms with van der Waals surface area (Å²) in [6.07, 6.45) is 1.14. The number of amides is 1. The lowest BCUT2D eigenvalue weighted by Gasteiger charge is -2.37. The first-order chi connectivity index (χ1) is 14.7. The van der Waals surface area contributed by atoms with Crippen molar-refractivity contribution in [3.05, 3.63) is 57.7 Å². The number of ether oxygens (including phenoxy) is 2. The standard InChI is InChI=1S/C24H23BrN2O4/c1-13(28)27-18-7-5-4-6-16(18)26-17-10-24(2,3)11-19(29)22(17)23(27)14-8-20-21(9-15(14)25)31-12-30-20/h4-9,23,26H,10-12H2,1-3H3/t23-/m0/s1. The van der Waals surface area contributed by atoms with Crippen molar-refractivity contribution in [2.45, 2.75) is 39.7 Å². The summed E-state index contributed by atoms with van der Waals surface area (Å²) in [5.74, 6) is 1.16. The van der Waals surface area contributed by atoms with Gasteiger partial charge in [-0.2, -0.15) is 0 Å². The topological polar surface area (TPSA) is 67.9 Å². The van der Waals surface area contributed by atoms with Gasteiger partial charge in [-0.15, -0.1) is 0 Å². The first-order valence-corrected chi connectivity index (χ1v) is 11.1. The maximum absolute atomic E-state index is 13.5. The van der Waals surface area contributed by atoms with Crippen molar-refractivity contribution >= 4 is 39.0 Å². The van der Waals surface area contributed by atoms with Gasteiger partial charge in [-0.05, 0) is 41.7 Å². The first kappa shape index (κ1) is 20.1. The lowest BCUT2D eigenvalue weighted by Crippen LogP contribution is -2.38. The molecule has 0 unspecified atom stereocenters. The molecule has 1 N–H and O–H groups in total. The number of nitrogens with zero attached hydrogens (tertiary/aromatic N) is 1. The molecule has 0 saturated heterocycles. The van der Waals surface area contributed by atoms with Crippen LogP contribution in [0.15, 0.2) is 52.1 Å². The Morgan fingerprint density at radius 2 is 1.87 bits per heavy atom. The molecule has 0 saturated carbocycles. The van der Waals surface area contributed by atoms with Gasteiger partial charge >= 0.3 is 0 Å². The Morgan fingerprint density at radius 1 is 1.16 bits per heavy atom. The van der Waals surface area contributed by atoms with Gasteiger partial charge in [-0.3, -0.25) is 14.5 Å². The second-order valence-corrected chi connectivity index (χ2v) is 9.85. The fourth-order valence-electron chi connectivity index (χ4n) is 4.77. The molecule has 0 fully saturated rings. The number of rotatable bonds is 1. The van der Waals surface area contributed by atoms with Crippen molar-refractivity contribution in [1.29, 1.82) is 0 Å². The molecule has 6 nitrogen and oxygen atoms in total. The number of carbonyl (C=O) groups excluding carboxylic acids is 2. The minimum atomic E-state index is -0.587. The van der Waals surface area contributed by atoms with E-state index in [0.29, 0.717) is 29.9 Å². The summed E-state index contributed by atoms with van der Waals surface area (Å²) >= 11 is 3.66. The van der Waals surface area contributed by atoms with E-state index >= 15 is 0 Å². The summed E-state index contributed by atoms with van der Waals surface area (Å²) < 4.78 is 11.9. The predicted octanol–water partition coefficient (Wildman–Crippen LogP) is 5.34. The smallest absolute Gasteiger partial charge is 0.231 e. The fraction of sp³-hybridized carbons (Fsp3) is 0.333. The monoisotopic (exact) mass is 482 g/mol. The second-order valence-electron chi connectivity index (χ2n) is 8.99. The first-order valence-electron chi connectivity index (χ1n) is 10.3. The molecule has 1 amide bonds. The van der Waals surface area contributed by atoms with Gasteiger partial charge in [0.25, 0.3) is 0 Å². The average Bonchev–Trinajstić information content (AvgIpc) is 3.07. The zero-order chi connectivity index (χ0) is 21.9. The molecule has 7 heteroatoms. The molecule has 2 heterocycles. The summed E-state index contributed by atoms with van der Waals surface area (Å²) in [5, 5.41) is 3.50. The zero-order valence-electron chi connectivity index (χ0n) is 17.6. The number of benzene rings is 2. The molecular weight excluding hydrogens is 460 g/mol. The van der Waals surface area contributed by atoms with Crippen LogP contribution in [-0.2, 0) is 9.59 Å². The summed E-state index contributed by atoms with van der Waals surface area (Å²) in [7, 11) is 0. The van der Waals surface area contributed by atoms with Crippen LogP contribution in [-0.4, -0.2) is 18.5 Å².